The second kappa shape index (κ2) is 3.94. The molecule has 0 saturated heterocycles. The molecule has 0 spiro atoms. The van der Waals surface area contributed by atoms with Crippen molar-refractivity contribution in [2.45, 2.75) is 31.9 Å². The van der Waals surface area contributed by atoms with Crippen molar-refractivity contribution in [2.24, 2.45) is 0 Å². The van der Waals surface area contributed by atoms with Crippen LogP contribution in [0.1, 0.15) is 31.9 Å². The highest BCUT2D eigenvalue weighted by Crippen LogP contribution is 2.23. The molecule has 0 amide bonds. The van der Waals surface area contributed by atoms with Crippen LogP contribution in [0.2, 0.25) is 0 Å². The van der Waals surface area contributed by atoms with Crippen LogP contribution < -0.4 is 0 Å². The highest BCUT2D eigenvalue weighted by Gasteiger charge is 2.15. The van der Waals surface area contributed by atoms with Crippen LogP contribution in [0.4, 0.5) is 0 Å². The van der Waals surface area contributed by atoms with Crippen LogP contribution in [0, 0.1) is 0 Å². The first-order valence-electron chi connectivity index (χ1n) is 4.73. The minimum Gasteiger partial charge on any atom is -0.285 e. The number of rotatable bonds is 2. The first-order valence-corrected chi connectivity index (χ1v) is 6.34. The molecule has 4 heteroatoms. The molecule has 0 aromatic heterocycles. The Bertz CT molecular complexity index is 441. The van der Waals surface area contributed by atoms with Gasteiger partial charge in [0.2, 0.25) is 0 Å². The van der Waals surface area contributed by atoms with Crippen LogP contribution in [-0.2, 0) is 21.3 Å². The van der Waals surface area contributed by atoms with Gasteiger partial charge in [0.25, 0.3) is 10.1 Å². The van der Waals surface area contributed by atoms with E-state index in [1.54, 1.807) is 12.1 Å². The molecule has 1 aromatic carbocycles. The summed E-state index contributed by atoms with van der Waals surface area (Å²) < 4.78 is 30.2. The Labute approximate surface area is 90.9 Å². The van der Waals surface area contributed by atoms with Crippen LogP contribution in [0.5, 0.6) is 0 Å². The van der Waals surface area contributed by atoms with E-state index in [-0.39, 0.29) is 11.2 Å². The van der Waals surface area contributed by atoms with Gasteiger partial charge in [-0.1, -0.05) is 45.0 Å². The topological polar surface area (TPSA) is 54.4 Å². The molecule has 15 heavy (non-hydrogen) atoms. The SMILES string of the molecule is CC(C)(C)c1cccc(CS(=O)(=O)O)c1. The fraction of sp³-hybridized carbons (Fsp3) is 0.455. The molecule has 0 saturated carbocycles. The predicted molar refractivity (Wildman–Crippen MR) is 60.4 cm³/mol. The molecule has 0 heterocycles. The first-order chi connectivity index (χ1) is 6.68. The molecule has 1 N–H and O–H groups in total. The molecule has 3 nitrogen and oxygen atoms in total. The smallest absolute Gasteiger partial charge is 0.269 e. The highest BCUT2D eigenvalue weighted by molar-refractivity contribution is 7.85. The Balaban J connectivity index is 3.04. The van der Waals surface area contributed by atoms with E-state index < -0.39 is 10.1 Å². The molecule has 0 atom stereocenters. The van der Waals surface area contributed by atoms with Crippen molar-refractivity contribution in [3.63, 3.8) is 0 Å². The van der Waals surface area contributed by atoms with Gasteiger partial charge in [-0.3, -0.25) is 4.55 Å². The van der Waals surface area contributed by atoms with Crippen molar-refractivity contribution < 1.29 is 13.0 Å². The number of hydrogen-bond donors (Lipinski definition) is 1. The average Bonchev–Trinajstić information content (AvgIpc) is 1.99. The maximum atomic E-state index is 10.7. The zero-order valence-corrected chi connectivity index (χ0v) is 10.0. The fourth-order valence-corrected chi connectivity index (χ4v) is 1.94. The summed E-state index contributed by atoms with van der Waals surface area (Å²) in [5, 5.41) is 0. The summed E-state index contributed by atoms with van der Waals surface area (Å²) in [4.78, 5) is 0. The second-order valence-corrected chi connectivity index (χ2v) is 6.13. The average molecular weight is 228 g/mol. The lowest BCUT2D eigenvalue weighted by molar-refractivity contribution is 0.482. The summed E-state index contributed by atoms with van der Waals surface area (Å²) in [6.07, 6.45) is 0. The standard InChI is InChI=1S/C11H16O3S/c1-11(2,3)10-6-4-5-9(7-10)8-15(12,13)14/h4-7H,8H2,1-3H3,(H,12,13,14). The number of hydrogen-bond acceptors (Lipinski definition) is 2. The van der Waals surface area contributed by atoms with E-state index in [9.17, 15) is 8.42 Å². The van der Waals surface area contributed by atoms with Crippen molar-refractivity contribution >= 4 is 10.1 Å². The third kappa shape index (κ3) is 4.01. The molecular formula is C11H16O3S. The quantitative estimate of drug-likeness (QED) is 0.791. The molecule has 0 radical (unpaired) electrons. The van der Waals surface area contributed by atoms with Crippen LogP contribution in [-0.4, -0.2) is 13.0 Å². The van der Waals surface area contributed by atoms with Crippen molar-refractivity contribution in [2.75, 3.05) is 0 Å². The molecule has 0 aliphatic heterocycles. The minimum atomic E-state index is -3.94. The van der Waals surface area contributed by atoms with Gasteiger partial charge in [-0.25, -0.2) is 0 Å². The molecule has 0 aliphatic carbocycles. The monoisotopic (exact) mass is 228 g/mol. The van der Waals surface area contributed by atoms with E-state index in [0.717, 1.165) is 5.56 Å². The van der Waals surface area contributed by atoms with Crippen molar-refractivity contribution in [3.05, 3.63) is 35.4 Å². The predicted octanol–water partition coefficient (Wildman–Crippen LogP) is 2.37. The third-order valence-electron chi connectivity index (χ3n) is 2.14. The van der Waals surface area contributed by atoms with Crippen LogP contribution in [0.3, 0.4) is 0 Å². The maximum absolute atomic E-state index is 10.7. The molecule has 0 bridgehead atoms. The van der Waals surface area contributed by atoms with E-state index in [4.69, 9.17) is 4.55 Å². The highest BCUT2D eigenvalue weighted by atomic mass is 32.2. The Morgan fingerprint density at radius 2 is 1.87 bits per heavy atom. The van der Waals surface area contributed by atoms with Crippen molar-refractivity contribution in [3.8, 4) is 0 Å². The summed E-state index contributed by atoms with van der Waals surface area (Å²) in [5.74, 6) is -0.322. The Hall–Kier alpha value is -0.870. The van der Waals surface area contributed by atoms with Gasteiger partial charge in [-0.15, -0.1) is 0 Å². The molecule has 1 rings (SSSR count). The zero-order chi connectivity index (χ0) is 11.7. The Morgan fingerprint density at radius 3 is 2.33 bits per heavy atom. The van der Waals surface area contributed by atoms with Gasteiger partial charge < -0.3 is 0 Å². The molecular weight excluding hydrogens is 212 g/mol. The van der Waals surface area contributed by atoms with Gasteiger partial charge >= 0.3 is 0 Å². The van der Waals surface area contributed by atoms with Crippen molar-refractivity contribution in [1.29, 1.82) is 0 Å². The molecule has 84 valence electrons. The van der Waals surface area contributed by atoms with Gasteiger partial charge in [0.1, 0.15) is 5.75 Å². The summed E-state index contributed by atoms with van der Waals surface area (Å²) in [5.41, 5.74) is 1.66. The first kappa shape index (κ1) is 12.2. The lowest BCUT2D eigenvalue weighted by Gasteiger charge is -2.19. The van der Waals surface area contributed by atoms with Crippen LogP contribution >= 0.6 is 0 Å². The summed E-state index contributed by atoms with van der Waals surface area (Å²) in [7, 11) is -3.94. The van der Waals surface area contributed by atoms with E-state index in [2.05, 4.69) is 20.8 Å². The normalized spacial score (nSPS) is 12.8. The van der Waals surface area contributed by atoms with E-state index in [1.807, 2.05) is 12.1 Å². The van der Waals surface area contributed by atoms with Crippen LogP contribution in [0.15, 0.2) is 24.3 Å². The zero-order valence-electron chi connectivity index (χ0n) is 9.19. The Kier molecular flexibility index (Phi) is 3.21. The second-order valence-electron chi connectivity index (χ2n) is 4.68. The van der Waals surface area contributed by atoms with E-state index in [0.29, 0.717) is 5.56 Å². The summed E-state index contributed by atoms with van der Waals surface area (Å²) in [6.45, 7) is 6.17. The van der Waals surface area contributed by atoms with Crippen molar-refractivity contribution in [1.82, 2.24) is 0 Å². The van der Waals surface area contributed by atoms with Crippen LogP contribution in [0.25, 0.3) is 0 Å². The lowest BCUT2D eigenvalue weighted by atomic mass is 9.86. The Morgan fingerprint density at radius 1 is 1.27 bits per heavy atom. The van der Waals surface area contributed by atoms with Gasteiger partial charge in [0, 0.05) is 0 Å². The van der Waals surface area contributed by atoms with E-state index in [1.165, 1.54) is 0 Å². The summed E-state index contributed by atoms with van der Waals surface area (Å²) in [6, 6.07) is 7.27. The third-order valence-corrected chi connectivity index (χ3v) is 2.84. The summed E-state index contributed by atoms with van der Waals surface area (Å²) >= 11 is 0. The maximum Gasteiger partial charge on any atom is 0.269 e. The lowest BCUT2D eigenvalue weighted by Crippen LogP contribution is -2.12. The van der Waals surface area contributed by atoms with Gasteiger partial charge in [0.05, 0.1) is 0 Å². The number of benzene rings is 1. The largest absolute Gasteiger partial charge is 0.285 e. The van der Waals surface area contributed by atoms with E-state index >= 15 is 0 Å². The van der Waals surface area contributed by atoms with Gasteiger partial charge in [-0.2, -0.15) is 8.42 Å². The molecule has 0 aliphatic rings. The minimum absolute atomic E-state index is 0.0186. The molecule has 1 aromatic rings. The molecule has 0 unspecified atom stereocenters. The fourth-order valence-electron chi connectivity index (χ4n) is 1.34. The van der Waals surface area contributed by atoms with Gasteiger partial charge in [0.15, 0.2) is 0 Å². The molecule has 0 fully saturated rings. The van der Waals surface area contributed by atoms with Gasteiger partial charge in [-0.05, 0) is 16.5 Å².